The zero-order valence-corrected chi connectivity index (χ0v) is 18.2. The first-order valence-electron chi connectivity index (χ1n) is 9.79. The van der Waals surface area contributed by atoms with E-state index in [1.807, 2.05) is 11.8 Å². The molecule has 32 heavy (non-hydrogen) atoms. The number of carboxylic acid groups (broad SMARTS) is 1. The fourth-order valence-corrected chi connectivity index (χ4v) is 3.86. The van der Waals surface area contributed by atoms with E-state index in [1.54, 1.807) is 4.57 Å². The zero-order valence-electron chi connectivity index (χ0n) is 17.4. The number of carboxylic acids is 1. The van der Waals surface area contributed by atoms with Gasteiger partial charge in [0.25, 0.3) is 0 Å². The lowest BCUT2D eigenvalue weighted by Crippen LogP contribution is -2.49. The highest BCUT2D eigenvalue weighted by molar-refractivity contribution is 7.79. The van der Waals surface area contributed by atoms with Gasteiger partial charge in [0.2, 0.25) is 5.43 Å². The Morgan fingerprint density at radius 1 is 1.31 bits per heavy atom. The zero-order chi connectivity index (χ0) is 23.8. The maximum atomic E-state index is 15.1. The van der Waals surface area contributed by atoms with Gasteiger partial charge in [-0.05, 0) is 25.8 Å². The number of hydrogen-bond donors (Lipinski definition) is 4. The minimum Gasteiger partial charge on any atom is -0.492 e. The maximum Gasteiger partial charge on any atom is 0.394 e. The first kappa shape index (κ1) is 23.9. The number of hydrogen-bond acceptors (Lipinski definition) is 7. The Labute approximate surface area is 183 Å². The van der Waals surface area contributed by atoms with Crippen LogP contribution in [0.2, 0.25) is 0 Å². The predicted octanol–water partition coefficient (Wildman–Crippen LogP) is 1.33. The van der Waals surface area contributed by atoms with Crippen molar-refractivity contribution in [3.63, 3.8) is 0 Å². The van der Waals surface area contributed by atoms with Crippen LogP contribution in [0.5, 0.6) is 5.75 Å². The number of anilines is 1. The van der Waals surface area contributed by atoms with E-state index in [0.717, 1.165) is 25.5 Å². The van der Waals surface area contributed by atoms with Gasteiger partial charge >= 0.3 is 16.4 Å². The van der Waals surface area contributed by atoms with Crippen molar-refractivity contribution in [1.29, 1.82) is 0 Å². The third-order valence-electron chi connectivity index (χ3n) is 5.26. The van der Waals surface area contributed by atoms with E-state index >= 15 is 4.39 Å². The molecule has 2 aromatic rings. The molecule has 1 aromatic heterocycles. The van der Waals surface area contributed by atoms with Crippen LogP contribution >= 0.6 is 0 Å². The number of nitrogens with one attached hydrogen (secondary N) is 1. The van der Waals surface area contributed by atoms with Crippen molar-refractivity contribution in [2.75, 3.05) is 31.6 Å². The van der Waals surface area contributed by atoms with Gasteiger partial charge in [0, 0.05) is 37.9 Å². The quantitative estimate of drug-likeness (QED) is 0.477. The largest absolute Gasteiger partial charge is 0.492 e. The van der Waals surface area contributed by atoms with Crippen molar-refractivity contribution in [3.05, 3.63) is 33.9 Å². The number of halogens is 1. The molecule has 0 spiro atoms. The first-order chi connectivity index (χ1) is 14.9. The average molecular weight is 473 g/mol. The van der Waals surface area contributed by atoms with E-state index in [9.17, 15) is 14.7 Å². The number of aromatic nitrogens is 1. The van der Waals surface area contributed by atoms with E-state index in [0.29, 0.717) is 30.0 Å². The molecule has 1 unspecified atom stereocenters. The lowest BCUT2D eigenvalue weighted by molar-refractivity contribution is 0.0694. The van der Waals surface area contributed by atoms with Crippen molar-refractivity contribution in [2.24, 2.45) is 0 Å². The Morgan fingerprint density at radius 3 is 2.44 bits per heavy atom. The van der Waals surface area contributed by atoms with Gasteiger partial charge in [-0.1, -0.05) is 0 Å². The van der Waals surface area contributed by atoms with E-state index in [1.165, 1.54) is 13.3 Å². The molecule has 1 aliphatic heterocycles. The fraction of sp³-hybridized carbons (Fsp3) is 0.474. The van der Waals surface area contributed by atoms with Gasteiger partial charge < -0.3 is 24.6 Å². The Balaban J connectivity index is 0.000000523. The third kappa shape index (κ3) is 5.18. The van der Waals surface area contributed by atoms with Gasteiger partial charge in [-0.2, -0.15) is 8.42 Å². The van der Waals surface area contributed by atoms with Crippen LogP contribution in [0.15, 0.2) is 17.1 Å². The molecule has 0 bridgehead atoms. The first-order valence-corrected chi connectivity index (χ1v) is 11.2. The van der Waals surface area contributed by atoms with Crippen LogP contribution in [-0.4, -0.2) is 66.0 Å². The van der Waals surface area contributed by atoms with Crippen molar-refractivity contribution in [1.82, 2.24) is 9.88 Å². The van der Waals surface area contributed by atoms with Crippen LogP contribution in [0.4, 0.5) is 10.1 Å². The van der Waals surface area contributed by atoms with Crippen LogP contribution in [0, 0.1) is 5.82 Å². The number of fused-ring (bicyclic) bond motifs is 1. The van der Waals surface area contributed by atoms with Gasteiger partial charge in [0.15, 0.2) is 11.6 Å². The normalized spacial score (nSPS) is 18.8. The van der Waals surface area contributed by atoms with Crippen LogP contribution < -0.4 is 20.4 Å². The summed E-state index contributed by atoms with van der Waals surface area (Å²) in [6, 6.07) is 1.45. The fourth-order valence-electron chi connectivity index (χ4n) is 3.86. The predicted molar refractivity (Wildman–Crippen MR) is 114 cm³/mol. The second kappa shape index (κ2) is 9.02. The summed E-state index contributed by atoms with van der Waals surface area (Å²) in [5.41, 5.74) is -0.237. The molecule has 1 atom stereocenters. The number of ether oxygens (including phenoxy) is 1. The molecule has 1 aromatic carbocycles. The average Bonchev–Trinajstić information content (AvgIpc) is 3.51. The lowest BCUT2D eigenvalue weighted by Gasteiger charge is -2.35. The SMILES string of the molecule is COc1c(N2CCNC(C)C2)c(F)cc2c(=O)c(C(=O)O)cn(C3CC3)c12.O=S(=O)(O)O. The van der Waals surface area contributed by atoms with Crippen molar-refractivity contribution >= 4 is 33.0 Å². The van der Waals surface area contributed by atoms with Crippen LogP contribution in [0.25, 0.3) is 10.9 Å². The molecule has 2 fully saturated rings. The highest BCUT2D eigenvalue weighted by atomic mass is 32.3. The molecular weight excluding hydrogens is 449 g/mol. The Bertz CT molecular complexity index is 1200. The van der Waals surface area contributed by atoms with Crippen molar-refractivity contribution in [2.45, 2.75) is 31.8 Å². The minimum absolute atomic E-state index is 0.0445. The summed E-state index contributed by atoms with van der Waals surface area (Å²) in [7, 11) is -3.21. The maximum absolute atomic E-state index is 15.1. The number of aromatic carboxylic acids is 1. The molecule has 13 heteroatoms. The Hall–Kier alpha value is -2.74. The van der Waals surface area contributed by atoms with Gasteiger partial charge in [-0.15, -0.1) is 0 Å². The van der Waals surface area contributed by atoms with Gasteiger partial charge in [0.05, 0.1) is 18.0 Å². The summed E-state index contributed by atoms with van der Waals surface area (Å²) < 4.78 is 54.0. The Morgan fingerprint density at radius 2 is 1.94 bits per heavy atom. The molecule has 4 N–H and O–H groups in total. The van der Waals surface area contributed by atoms with Crippen LogP contribution in [0.3, 0.4) is 0 Å². The number of methoxy groups -OCH3 is 1. The summed E-state index contributed by atoms with van der Waals surface area (Å²) >= 11 is 0. The molecule has 2 heterocycles. The van der Waals surface area contributed by atoms with E-state index in [4.69, 9.17) is 22.3 Å². The van der Waals surface area contributed by atoms with E-state index in [-0.39, 0.29) is 23.0 Å². The number of pyridine rings is 1. The molecule has 1 saturated heterocycles. The van der Waals surface area contributed by atoms with E-state index < -0.39 is 27.6 Å². The molecule has 11 nitrogen and oxygen atoms in total. The number of rotatable bonds is 4. The second-order valence-electron chi connectivity index (χ2n) is 7.70. The van der Waals surface area contributed by atoms with Crippen LogP contribution in [0.1, 0.15) is 36.2 Å². The topological polar surface area (TPSA) is 158 Å². The molecular formula is C19H24FN3O8S. The number of benzene rings is 1. The summed E-state index contributed by atoms with van der Waals surface area (Å²) in [6.45, 7) is 3.97. The monoisotopic (exact) mass is 473 g/mol. The molecule has 4 rings (SSSR count). The smallest absolute Gasteiger partial charge is 0.394 e. The summed E-state index contributed by atoms with van der Waals surface area (Å²) in [6.07, 6.45) is 3.14. The number of carbonyl (C=O) groups is 1. The second-order valence-corrected chi connectivity index (χ2v) is 8.60. The molecule has 1 aliphatic carbocycles. The molecule has 2 aliphatic rings. The summed E-state index contributed by atoms with van der Waals surface area (Å²) in [4.78, 5) is 26.1. The summed E-state index contributed by atoms with van der Waals surface area (Å²) in [5.74, 6) is -1.59. The van der Waals surface area contributed by atoms with Gasteiger partial charge in [-0.3, -0.25) is 13.9 Å². The number of nitrogens with zero attached hydrogens (tertiary/aromatic N) is 2. The van der Waals surface area contributed by atoms with Crippen molar-refractivity contribution < 1.29 is 36.6 Å². The number of piperazine rings is 1. The summed E-state index contributed by atoms with van der Waals surface area (Å²) in [5, 5.41) is 12.7. The lowest BCUT2D eigenvalue weighted by atomic mass is 10.1. The van der Waals surface area contributed by atoms with Gasteiger partial charge in [0.1, 0.15) is 11.3 Å². The molecule has 0 amide bonds. The highest BCUT2D eigenvalue weighted by Crippen LogP contribution is 2.43. The molecule has 176 valence electrons. The van der Waals surface area contributed by atoms with Crippen LogP contribution in [-0.2, 0) is 10.4 Å². The van der Waals surface area contributed by atoms with Gasteiger partial charge in [-0.25, -0.2) is 9.18 Å². The third-order valence-corrected chi connectivity index (χ3v) is 5.26. The Kier molecular flexibility index (Phi) is 6.74. The molecule has 0 radical (unpaired) electrons. The molecule has 1 saturated carbocycles. The highest BCUT2D eigenvalue weighted by Gasteiger charge is 2.32. The van der Waals surface area contributed by atoms with E-state index in [2.05, 4.69) is 5.32 Å². The minimum atomic E-state index is -4.67. The standard InChI is InChI=1S/C19H22FN3O4.H2O4S/c1-10-8-22(6-5-21-10)16-14(20)7-12-15(18(16)27-2)23(11-3-4-11)9-13(17(12)24)19(25)26;1-5(2,3)4/h7,9-11,21H,3-6,8H2,1-2H3,(H,25,26);(H2,1,2,3,4). The van der Waals surface area contributed by atoms with Crippen molar-refractivity contribution in [3.8, 4) is 5.75 Å².